The van der Waals surface area contributed by atoms with Crippen molar-refractivity contribution in [1.29, 1.82) is 10.5 Å². The monoisotopic (exact) mass is 168 g/mol. The number of hydrogen-bond acceptors (Lipinski definition) is 2. The number of benzene rings is 1. The first-order valence-corrected chi connectivity index (χ1v) is 3.60. The zero-order valence-corrected chi connectivity index (χ0v) is 7.20. The van der Waals surface area contributed by atoms with E-state index in [4.69, 9.17) is 41.9 Å². The molecule has 8 radical (unpaired) electrons. The van der Waals surface area contributed by atoms with Crippen LogP contribution in [0.25, 0.3) is 0 Å². The Morgan fingerprint density at radius 3 is 1.00 bits per heavy atom. The van der Waals surface area contributed by atoms with Crippen LogP contribution in [-0.2, 0) is 0 Å². The molecule has 1 aromatic rings. The van der Waals surface area contributed by atoms with E-state index in [2.05, 4.69) is 0 Å². The minimum Gasteiger partial charge on any atom is -0.192 e. The number of nitriles is 2. The molecule has 0 bridgehead atoms. The maximum Gasteiger partial charge on any atom is 0.114 e. The summed E-state index contributed by atoms with van der Waals surface area (Å²) >= 11 is 0. The van der Waals surface area contributed by atoms with Crippen molar-refractivity contribution < 1.29 is 0 Å². The van der Waals surface area contributed by atoms with Gasteiger partial charge in [0.05, 0.1) is 12.1 Å². The molecular weight excluding hydrogens is 167 g/mol. The molecule has 0 amide bonds. The normalized spacial score (nSPS) is 9.00. The molecule has 0 unspecified atom stereocenters. The summed E-state index contributed by atoms with van der Waals surface area (Å²) in [4.78, 5) is 0. The Labute approximate surface area is 87.6 Å². The van der Waals surface area contributed by atoms with Gasteiger partial charge < -0.3 is 0 Å². The van der Waals surface area contributed by atoms with Gasteiger partial charge in [-0.15, -0.1) is 0 Å². The highest BCUT2D eigenvalue weighted by Crippen LogP contribution is 1.88. The van der Waals surface area contributed by atoms with Gasteiger partial charge in [-0.3, -0.25) is 0 Å². The topological polar surface area (TPSA) is 47.6 Å². The second-order valence-corrected chi connectivity index (χ2v) is 2.63. The minimum absolute atomic E-state index is 0.00394. The first-order valence-electron chi connectivity index (χ1n) is 3.60. The minimum atomic E-state index is -0.00394. The number of nitrogens with zero attached hydrogens (tertiary/aromatic N) is 2. The molecule has 0 N–H and O–H groups in total. The lowest BCUT2D eigenvalue weighted by Gasteiger charge is -2.13. The maximum absolute atomic E-state index is 8.71. The van der Waals surface area contributed by atoms with E-state index in [1.165, 1.54) is 0 Å². The molecule has 0 saturated carbocycles. The van der Waals surface area contributed by atoms with Crippen LogP contribution >= 0.6 is 0 Å². The van der Waals surface area contributed by atoms with Crippen LogP contribution < -0.4 is 21.9 Å². The lowest BCUT2D eigenvalue weighted by atomic mass is 9.65. The van der Waals surface area contributed by atoms with Gasteiger partial charge in [-0.05, 0) is 0 Å². The molecule has 1 aromatic carbocycles. The molecule has 0 saturated heterocycles. The SMILES string of the molecule is [B]c1c([B])c(C#N)c([B])c([B])c1C#N. The lowest BCUT2D eigenvalue weighted by molar-refractivity contribution is 1.50. The van der Waals surface area contributed by atoms with Crippen LogP contribution in [0.3, 0.4) is 0 Å². The zero-order chi connectivity index (χ0) is 10.9. The van der Waals surface area contributed by atoms with Crippen LogP contribution in [0.5, 0.6) is 0 Å². The third kappa shape index (κ3) is 1.34. The standard InChI is InChI=1S/C8B4N2/c9-5-3(1-13)6(10)8(12)4(2-14)7(5)11. The van der Waals surface area contributed by atoms with Gasteiger partial charge in [-0.2, -0.15) is 10.5 Å². The summed E-state index contributed by atoms with van der Waals surface area (Å²) in [7, 11) is 22.0. The fourth-order valence-corrected chi connectivity index (χ4v) is 1.07. The van der Waals surface area contributed by atoms with Gasteiger partial charge in [-0.1, -0.05) is 21.9 Å². The second kappa shape index (κ2) is 3.68. The fourth-order valence-electron chi connectivity index (χ4n) is 1.07. The van der Waals surface area contributed by atoms with Crippen molar-refractivity contribution in [2.45, 2.75) is 0 Å². The summed E-state index contributed by atoms with van der Waals surface area (Å²) in [5, 5.41) is 17.4. The smallest absolute Gasteiger partial charge is 0.114 e. The molecule has 54 valence electrons. The Kier molecular flexibility index (Phi) is 2.77. The molecule has 0 atom stereocenters. The Morgan fingerprint density at radius 2 is 0.857 bits per heavy atom. The summed E-state index contributed by atoms with van der Waals surface area (Å²) < 4.78 is 0. The van der Waals surface area contributed by atoms with Gasteiger partial charge in [0, 0.05) is 11.1 Å². The van der Waals surface area contributed by atoms with E-state index in [1.807, 2.05) is 0 Å². The highest BCUT2D eigenvalue weighted by atomic mass is 14.3. The van der Waals surface area contributed by atoms with E-state index in [0.717, 1.165) is 0 Å². The molecular formula is C8B4N2. The van der Waals surface area contributed by atoms with Gasteiger partial charge in [0.2, 0.25) is 0 Å². The largest absolute Gasteiger partial charge is 0.192 e. The molecule has 0 fully saturated rings. The average Bonchev–Trinajstić information content (AvgIpc) is 2.17. The Morgan fingerprint density at radius 1 is 0.643 bits per heavy atom. The molecule has 0 aliphatic heterocycles. The van der Waals surface area contributed by atoms with Gasteiger partial charge in [0.15, 0.2) is 0 Å². The van der Waals surface area contributed by atoms with E-state index < -0.39 is 0 Å². The van der Waals surface area contributed by atoms with E-state index in [9.17, 15) is 0 Å². The van der Waals surface area contributed by atoms with Crippen molar-refractivity contribution in [1.82, 2.24) is 0 Å². The van der Waals surface area contributed by atoms with Crippen molar-refractivity contribution in [3.8, 4) is 12.1 Å². The average molecular weight is 167 g/mol. The van der Waals surface area contributed by atoms with Crippen LogP contribution in [0.4, 0.5) is 0 Å². The third-order valence-corrected chi connectivity index (χ3v) is 1.88. The van der Waals surface area contributed by atoms with Crippen molar-refractivity contribution in [2.24, 2.45) is 0 Å². The maximum atomic E-state index is 8.71. The predicted octanol–water partition coefficient (Wildman–Crippen LogP) is -3.39. The van der Waals surface area contributed by atoms with Crippen molar-refractivity contribution in [3.05, 3.63) is 11.1 Å². The number of rotatable bonds is 0. The molecule has 0 heterocycles. The summed E-state index contributed by atoms with van der Waals surface area (Å²) in [6, 6.07) is 3.55. The van der Waals surface area contributed by atoms with E-state index in [0.29, 0.717) is 0 Å². The van der Waals surface area contributed by atoms with Gasteiger partial charge in [-0.25, -0.2) is 0 Å². The van der Waals surface area contributed by atoms with Crippen LogP contribution in [0.1, 0.15) is 11.1 Å². The van der Waals surface area contributed by atoms with E-state index >= 15 is 0 Å². The lowest BCUT2D eigenvalue weighted by Crippen LogP contribution is -2.46. The van der Waals surface area contributed by atoms with Crippen LogP contribution in [0, 0.1) is 22.7 Å². The molecule has 14 heavy (non-hydrogen) atoms. The quantitative estimate of drug-likeness (QED) is 0.378. The number of hydrogen-bond donors (Lipinski definition) is 0. The molecule has 6 heteroatoms. The molecule has 0 aliphatic rings. The van der Waals surface area contributed by atoms with Crippen molar-refractivity contribution in [2.75, 3.05) is 0 Å². The van der Waals surface area contributed by atoms with Crippen LogP contribution in [-0.4, -0.2) is 31.4 Å². The third-order valence-electron chi connectivity index (χ3n) is 1.88. The zero-order valence-electron chi connectivity index (χ0n) is 7.20. The van der Waals surface area contributed by atoms with Gasteiger partial charge in [0.1, 0.15) is 31.4 Å². The Balaban J connectivity index is 3.77. The summed E-state index contributed by atoms with van der Waals surface area (Å²) in [6.45, 7) is 0. The molecule has 0 aliphatic carbocycles. The predicted molar refractivity (Wildman–Crippen MR) is 57.4 cm³/mol. The molecule has 1 rings (SSSR count). The summed E-state index contributed by atoms with van der Waals surface area (Å²) in [5.41, 5.74) is 0.0102. The van der Waals surface area contributed by atoms with Crippen molar-refractivity contribution in [3.63, 3.8) is 0 Å². The van der Waals surface area contributed by atoms with E-state index in [1.54, 1.807) is 12.1 Å². The van der Waals surface area contributed by atoms with Gasteiger partial charge >= 0.3 is 0 Å². The first kappa shape index (κ1) is 10.5. The summed E-state index contributed by atoms with van der Waals surface area (Å²) in [6.07, 6.45) is 0. The Bertz CT molecular complexity index is 408. The second-order valence-electron chi connectivity index (χ2n) is 2.63. The van der Waals surface area contributed by atoms with Crippen molar-refractivity contribution >= 4 is 53.2 Å². The van der Waals surface area contributed by atoms with Crippen LogP contribution in [0.2, 0.25) is 0 Å². The Hall–Kier alpha value is -1.54. The van der Waals surface area contributed by atoms with E-state index in [-0.39, 0.29) is 33.0 Å². The highest BCUT2D eigenvalue weighted by molar-refractivity contribution is 6.58. The first-order chi connectivity index (χ1) is 6.54. The molecule has 2 nitrogen and oxygen atoms in total. The molecule has 0 spiro atoms. The molecule has 0 aromatic heterocycles. The van der Waals surface area contributed by atoms with Crippen LogP contribution in [0.15, 0.2) is 0 Å². The highest BCUT2D eigenvalue weighted by Gasteiger charge is 2.11. The van der Waals surface area contributed by atoms with Gasteiger partial charge in [0.25, 0.3) is 0 Å². The summed E-state index contributed by atoms with van der Waals surface area (Å²) in [5.74, 6) is 0. The fraction of sp³-hybridized carbons (Fsp3) is 0.